The first-order valence-electron chi connectivity index (χ1n) is 7.43. The molecule has 23 heavy (non-hydrogen) atoms. The fraction of sp³-hybridized carbons (Fsp3) is 0.0526. The Morgan fingerprint density at radius 1 is 0.957 bits per heavy atom. The zero-order chi connectivity index (χ0) is 15.8. The fourth-order valence-electron chi connectivity index (χ4n) is 2.90. The highest BCUT2D eigenvalue weighted by atomic mass is 16.1. The highest BCUT2D eigenvalue weighted by Crippen LogP contribution is 2.27. The van der Waals surface area contributed by atoms with Gasteiger partial charge in [-0.3, -0.25) is 4.79 Å². The number of aryl methyl sites for hydroxylation is 1. The van der Waals surface area contributed by atoms with Crippen LogP contribution in [0.25, 0.3) is 21.8 Å². The summed E-state index contributed by atoms with van der Waals surface area (Å²) in [4.78, 5) is 16.7. The minimum Gasteiger partial charge on any atom is -0.342 e. The van der Waals surface area contributed by atoms with E-state index in [9.17, 15) is 4.79 Å². The van der Waals surface area contributed by atoms with Gasteiger partial charge in [0.1, 0.15) is 5.69 Å². The van der Waals surface area contributed by atoms with Crippen LogP contribution in [-0.4, -0.2) is 15.5 Å². The molecule has 4 aromatic rings. The molecule has 0 fully saturated rings. The van der Waals surface area contributed by atoms with E-state index < -0.39 is 0 Å². The van der Waals surface area contributed by atoms with Gasteiger partial charge >= 0.3 is 0 Å². The quantitative estimate of drug-likeness (QED) is 0.609. The lowest BCUT2D eigenvalue weighted by Gasteiger charge is -2.04. The maximum atomic E-state index is 12.4. The molecule has 0 saturated heterocycles. The van der Waals surface area contributed by atoms with Gasteiger partial charge in [-0.15, -0.1) is 0 Å². The summed E-state index contributed by atoms with van der Waals surface area (Å²) in [5, 5.41) is 5.03. The number of carbonyl (C=O) groups is 1. The molecule has 0 aliphatic carbocycles. The molecule has 2 aromatic carbocycles. The molecule has 4 nitrogen and oxygen atoms in total. The van der Waals surface area contributed by atoms with Crippen LogP contribution < -0.4 is 5.32 Å². The topological polar surface area (TPSA) is 46.9 Å². The third-order valence-corrected chi connectivity index (χ3v) is 4.06. The van der Waals surface area contributed by atoms with E-state index in [0.717, 1.165) is 27.5 Å². The van der Waals surface area contributed by atoms with Crippen LogP contribution in [-0.2, 0) is 7.05 Å². The van der Waals surface area contributed by atoms with E-state index in [1.807, 2.05) is 55.6 Å². The number of para-hydroxylation sites is 2. The number of rotatable bonds is 2. The van der Waals surface area contributed by atoms with Crippen molar-refractivity contribution in [3.63, 3.8) is 0 Å². The van der Waals surface area contributed by atoms with Crippen LogP contribution in [0.15, 0.2) is 66.9 Å². The number of carbonyl (C=O) groups excluding carboxylic acids is 1. The summed E-state index contributed by atoms with van der Waals surface area (Å²) in [6.45, 7) is 0. The van der Waals surface area contributed by atoms with Gasteiger partial charge in [0.2, 0.25) is 0 Å². The zero-order valence-corrected chi connectivity index (χ0v) is 12.7. The number of benzene rings is 2. The van der Waals surface area contributed by atoms with Crippen LogP contribution in [0.1, 0.15) is 10.5 Å². The van der Waals surface area contributed by atoms with Crippen molar-refractivity contribution in [2.24, 2.45) is 7.05 Å². The smallest absolute Gasteiger partial charge is 0.274 e. The van der Waals surface area contributed by atoms with E-state index in [1.54, 1.807) is 6.20 Å². The maximum absolute atomic E-state index is 12.4. The molecule has 0 spiro atoms. The van der Waals surface area contributed by atoms with Crippen LogP contribution >= 0.6 is 0 Å². The first-order valence-corrected chi connectivity index (χ1v) is 7.43. The molecule has 0 aliphatic heterocycles. The normalized spacial score (nSPS) is 11.0. The standard InChI is InChI=1S/C19H15N3O/c1-22-17-10-6-5-9-14(17)15-11-16(20-12-18(15)22)19(23)21-13-7-3-2-4-8-13/h2-12H,1H3,(H,21,23). The van der Waals surface area contributed by atoms with Gasteiger partial charge < -0.3 is 9.88 Å². The Labute approximate surface area is 133 Å². The molecule has 112 valence electrons. The summed E-state index contributed by atoms with van der Waals surface area (Å²) in [7, 11) is 2.01. The molecule has 0 radical (unpaired) electrons. The summed E-state index contributed by atoms with van der Waals surface area (Å²) >= 11 is 0. The number of nitrogens with zero attached hydrogens (tertiary/aromatic N) is 2. The Bertz CT molecular complexity index is 1020. The van der Waals surface area contributed by atoms with Crippen molar-refractivity contribution < 1.29 is 4.79 Å². The fourth-order valence-corrected chi connectivity index (χ4v) is 2.90. The van der Waals surface area contributed by atoms with Crippen molar-refractivity contribution in [3.8, 4) is 0 Å². The maximum Gasteiger partial charge on any atom is 0.274 e. The van der Waals surface area contributed by atoms with Gasteiger partial charge in [0.15, 0.2) is 0 Å². The number of amides is 1. The van der Waals surface area contributed by atoms with Gasteiger partial charge in [-0.25, -0.2) is 4.98 Å². The molecule has 0 bridgehead atoms. The molecule has 1 N–H and O–H groups in total. The van der Waals surface area contributed by atoms with E-state index in [4.69, 9.17) is 0 Å². The predicted molar refractivity (Wildman–Crippen MR) is 92.6 cm³/mol. The molecule has 4 rings (SSSR count). The number of fused-ring (bicyclic) bond motifs is 3. The number of nitrogens with one attached hydrogen (secondary N) is 1. The largest absolute Gasteiger partial charge is 0.342 e. The Hall–Kier alpha value is -3.14. The summed E-state index contributed by atoms with van der Waals surface area (Å²) < 4.78 is 2.09. The molecule has 0 atom stereocenters. The van der Waals surface area contributed by atoms with Crippen LogP contribution in [0.3, 0.4) is 0 Å². The predicted octanol–water partition coefficient (Wildman–Crippen LogP) is 3.98. The summed E-state index contributed by atoms with van der Waals surface area (Å²) in [5.41, 5.74) is 3.32. The molecule has 0 aliphatic rings. The number of hydrogen-bond acceptors (Lipinski definition) is 2. The van der Waals surface area contributed by atoms with Gasteiger partial charge in [0.25, 0.3) is 5.91 Å². The van der Waals surface area contributed by atoms with Gasteiger partial charge in [0.05, 0.1) is 11.7 Å². The highest BCUT2D eigenvalue weighted by Gasteiger charge is 2.13. The average Bonchev–Trinajstić information content (AvgIpc) is 2.89. The lowest BCUT2D eigenvalue weighted by atomic mass is 10.1. The van der Waals surface area contributed by atoms with Gasteiger partial charge in [-0.05, 0) is 24.3 Å². The number of aromatic nitrogens is 2. The van der Waals surface area contributed by atoms with E-state index in [-0.39, 0.29) is 5.91 Å². The van der Waals surface area contributed by atoms with Crippen molar-refractivity contribution in [3.05, 3.63) is 72.6 Å². The van der Waals surface area contributed by atoms with Crippen LogP contribution in [0.2, 0.25) is 0 Å². The summed E-state index contributed by atoms with van der Waals surface area (Å²) in [6, 6.07) is 19.4. The van der Waals surface area contributed by atoms with Crippen LogP contribution in [0, 0.1) is 0 Å². The number of pyridine rings is 1. The average molecular weight is 301 g/mol. The van der Waals surface area contributed by atoms with Crippen LogP contribution in [0.4, 0.5) is 5.69 Å². The highest BCUT2D eigenvalue weighted by molar-refractivity contribution is 6.11. The van der Waals surface area contributed by atoms with Gasteiger partial charge in [0, 0.05) is 29.0 Å². The van der Waals surface area contributed by atoms with E-state index in [2.05, 4.69) is 27.0 Å². The van der Waals surface area contributed by atoms with E-state index in [0.29, 0.717) is 5.69 Å². The monoisotopic (exact) mass is 301 g/mol. The molecule has 0 unspecified atom stereocenters. The Morgan fingerprint density at radius 3 is 2.52 bits per heavy atom. The second-order valence-corrected chi connectivity index (χ2v) is 5.48. The minimum absolute atomic E-state index is 0.203. The van der Waals surface area contributed by atoms with Crippen molar-refractivity contribution in [2.75, 3.05) is 5.32 Å². The molecule has 2 heterocycles. The van der Waals surface area contributed by atoms with Crippen molar-refractivity contribution in [1.29, 1.82) is 0 Å². The first-order chi connectivity index (χ1) is 11.2. The minimum atomic E-state index is -0.203. The Kier molecular flexibility index (Phi) is 3.08. The second kappa shape index (κ2) is 5.25. The van der Waals surface area contributed by atoms with Crippen molar-refractivity contribution >= 4 is 33.4 Å². The lowest BCUT2D eigenvalue weighted by Crippen LogP contribution is -2.13. The van der Waals surface area contributed by atoms with Gasteiger partial charge in [-0.2, -0.15) is 0 Å². The summed E-state index contributed by atoms with van der Waals surface area (Å²) in [5.74, 6) is -0.203. The first kappa shape index (κ1) is 13.5. The second-order valence-electron chi connectivity index (χ2n) is 5.48. The van der Waals surface area contributed by atoms with E-state index in [1.165, 1.54) is 0 Å². The SMILES string of the molecule is Cn1c2ccccc2c2cc(C(=O)Nc3ccccc3)ncc21. The third-order valence-electron chi connectivity index (χ3n) is 4.06. The zero-order valence-electron chi connectivity index (χ0n) is 12.7. The summed E-state index contributed by atoms with van der Waals surface area (Å²) in [6.07, 6.45) is 1.76. The van der Waals surface area contributed by atoms with Crippen LogP contribution in [0.5, 0.6) is 0 Å². The van der Waals surface area contributed by atoms with Gasteiger partial charge in [-0.1, -0.05) is 36.4 Å². The lowest BCUT2D eigenvalue weighted by molar-refractivity contribution is 0.102. The number of hydrogen-bond donors (Lipinski definition) is 1. The Morgan fingerprint density at radius 2 is 1.70 bits per heavy atom. The molecular weight excluding hydrogens is 286 g/mol. The third kappa shape index (κ3) is 2.25. The van der Waals surface area contributed by atoms with E-state index >= 15 is 0 Å². The number of anilines is 1. The molecule has 4 heteroatoms. The van der Waals surface area contributed by atoms with Crippen molar-refractivity contribution in [2.45, 2.75) is 0 Å². The van der Waals surface area contributed by atoms with Crippen molar-refractivity contribution in [1.82, 2.24) is 9.55 Å². The molecule has 2 aromatic heterocycles. The molecule has 1 amide bonds. The molecule has 0 saturated carbocycles. The Balaban J connectivity index is 1.79. The molecular formula is C19H15N3O.